The van der Waals surface area contributed by atoms with Crippen molar-refractivity contribution in [2.45, 2.75) is 51.7 Å². The third-order valence-electron chi connectivity index (χ3n) is 3.84. The molecule has 1 aromatic heterocycles. The zero-order valence-corrected chi connectivity index (χ0v) is 14.1. The van der Waals surface area contributed by atoms with Gasteiger partial charge in [0.15, 0.2) is 0 Å². The zero-order valence-electron chi connectivity index (χ0n) is 14.1. The molecule has 0 bridgehead atoms. The number of nitrogens with one attached hydrogen (secondary N) is 2. The van der Waals surface area contributed by atoms with Crippen LogP contribution in [-0.2, 0) is 4.74 Å². The smallest absolute Gasteiger partial charge is 0.317 e. The summed E-state index contributed by atoms with van der Waals surface area (Å²) in [5, 5.41) is 5.76. The predicted octanol–water partition coefficient (Wildman–Crippen LogP) is 1.73. The number of carbonyl (C=O) groups is 1. The van der Waals surface area contributed by atoms with Crippen LogP contribution in [0.25, 0.3) is 0 Å². The minimum atomic E-state index is -0.135. The summed E-state index contributed by atoms with van der Waals surface area (Å²) in [6.07, 6.45) is 3.68. The van der Waals surface area contributed by atoms with Crippen LogP contribution in [0.2, 0.25) is 0 Å². The van der Waals surface area contributed by atoms with Crippen molar-refractivity contribution in [2.75, 3.05) is 20.3 Å². The highest BCUT2D eigenvalue weighted by atomic mass is 16.5. The molecule has 0 aliphatic heterocycles. The molecule has 2 amide bonds. The number of amides is 2. The number of urea groups is 1. The summed E-state index contributed by atoms with van der Waals surface area (Å²) < 4.78 is 10.8. The van der Waals surface area contributed by atoms with Crippen LogP contribution in [0, 0.1) is 13.8 Å². The number of hydrogen-bond donors (Lipinski definition) is 2. The molecule has 7 nitrogen and oxygen atoms in total. The van der Waals surface area contributed by atoms with E-state index in [2.05, 4.69) is 20.6 Å². The molecule has 1 saturated carbocycles. The summed E-state index contributed by atoms with van der Waals surface area (Å²) >= 11 is 0. The van der Waals surface area contributed by atoms with Gasteiger partial charge >= 0.3 is 12.0 Å². The molecule has 1 fully saturated rings. The van der Waals surface area contributed by atoms with E-state index >= 15 is 0 Å². The summed E-state index contributed by atoms with van der Waals surface area (Å²) in [7, 11) is 1.61. The van der Waals surface area contributed by atoms with Gasteiger partial charge in [-0.3, -0.25) is 0 Å². The number of hydrogen-bond acceptors (Lipinski definition) is 5. The van der Waals surface area contributed by atoms with E-state index in [1.54, 1.807) is 7.11 Å². The number of methoxy groups -OCH3 is 1. The van der Waals surface area contributed by atoms with Crippen molar-refractivity contribution in [3.8, 4) is 6.01 Å². The topological polar surface area (TPSA) is 85.4 Å². The molecular formula is C16H26N4O3. The van der Waals surface area contributed by atoms with E-state index in [9.17, 15) is 4.79 Å². The Morgan fingerprint density at radius 1 is 1.22 bits per heavy atom. The number of rotatable bonds is 6. The first-order valence-corrected chi connectivity index (χ1v) is 8.09. The first-order valence-electron chi connectivity index (χ1n) is 8.09. The molecule has 0 saturated heterocycles. The average Bonchev–Trinajstić information content (AvgIpc) is 2.48. The molecule has 2 rings (SSSR count). The van der Waals surface area contributed by atoms with E-state index < -0.39 is 0 Å². The van der Waals surface area contributed by atoms with Crippen LogP contribution in [0.1, 0.15) is 37.1 Å². The lowest BCUT2D eigenvalue weighted by atomic mass is 9.93. The van der Waals surface area contributed by atoms with Crippen molar-refractivity contribution >= 4 is 6.03 Å². The van der Waals surface area contributed by atoms with E-state index in [1.807, 2.05) is 19.9 Å². The van der Waals surface area contributed by atoms with Crippen LogP contribution in [0.3, 0.4) is 0 Å². The molecule has 23 heavy (non-hydrogen) atoms. The van der Waals surface area contributed by atoms with Gasteiger partial charge in [-0.25, -0.2) is 14.8 Å². The molecule has 2 N–H and O–H groups in total. The fourth-order valence-corrected chi connectivity index (χ4v) is 2.72. The Bertz CT molecular complexity index is 496. The Hall–Kier alpha value is -1.89. The molecule has 7 heteroatoms. The Labute approximate surface area is 137 Å². The highest BCUT2D eigenvalue weighted by Crippen LogP contribution is 2.22. The Morgan fingerprint density at radius 3 is 2.48 bits per heavy atom. The van der Waals surface area contributed by atoms with Crippen molar-refractivity contribution in [3.63, 3.8) is 0 Å². The van der Waals surface area contributed by atoms with Gasteiger partial charge < -0.3 is 20.1 Å². The lowest BCUT2D eigenvalue weighted by Crippen LogP contribution is -2.45. The minimum absolute atomic E-state index is 0.116. The summed E-state index contributed by atoms with van der Waals surface area (Å²) in [5.74, 6) is 0. The molecule has 0 radical (unpaired) electrons. The summed E-state index contributed by atoms with van der Waals surface area (Å²) in [5.41, 5.74) is 1.83. The monoisotopic (exact) mass is 322 g/mol. The van der Waals surface area contributed by atoms with E-state index in [4.69, 9.17) is 9.47 Å². The zero-order chi connectivity index (χ0) is 16.7. The molecule has 128 valence electrons. The van der Waals surface area contributed by atoms with Gasteiger partial charge in [0.25, 0.3) is 0 Å². The van der Waals surface area contributed by atoms with Crippen molar-refractivity contribution < 1.29 is 14.3 Å². The lowest BCUT2D eigenvalue weighted by Gasteiger charge is -2.29. The molecule has 0 atom stereocenters. The number of aryl methyl sites for hydroxylation is 2. The van der Waals surface area contributed by atoms with Crippen LogP contribution in [0.4, 0.5) is 4.79 Å². The van der Waals surface area contributed by atoms with E-state index in [0.29, 0.717) is 19.2 Å². The largest absolute Gasteiger partial charge is 0.460 e. The maximum absolute atomic E-state index is 11.7. The van der Waals surface area contributed by atoms with Crippen LogP contribution in [-0.4, -0.2) is 48.4 Å². The number of aromatic nitrogens is 2. The number of carbonyl (C=O) groups excluding carboxylic acids is 1. The standard InChI is InChI=1S/C16H26N4O3/c1-11-10-12(2)19-16(18-11)23-14-6-4-13(5-7-14)20-15(21)17-8-9-22-3/h10,13-14H,4-9H2,1-3H3,(H2,17,20,21). The fourth-order valence-electron chi connectivity index (χ4n) is 2.72. The number of nitrogens with zero attached hydrogens (tertiary/aromatic N) is 2. The van der Waals surface area contributed by atoms with Gasteiger partial charge in [0, 0.05) is 31.1 Å². The van der Waals surface area contributed by atoms with Gasteiger partial charge in [0.05, 0.1) is 6.61 Å². The van der Waals surface area contributed by atoms with Gasteiger partial charge in [-0.2, -0.15) is 0 Å². The normalized spacial score (nSPS) is 20.8. The van der Waals surface area contributed by atoms with Crippen molar-refractivity contribution in [1.29, 1.82) is 0 Å². The highest BCUT2D eigenvalue weighted by Gasteiger charge is 2.24. The van der Waals surface area contributed by atoms with Crippen molar-refractivity contribution in [3.05, 3.63) is 17.5 Å². The fraction of sp³-hybridized carbons (Fsp3) is 0.688. The van der Waals surface area contributed by atoms with Crippen molar-refractivity contribution in [2.24, 2.45) is 0 Å². The molecule has 0 unspecified atom stereocenters. The molecule has 1 aromatic rings. The van der Waals surface area contributed by atoms with Crippen molar-refractivity contribution in [1.82, 2.24) is 20.6 Å². The highest BCUT2D eigenvalue weighted by molar-refractivity contribution is 5.74. The third kappa shape index (κ3) is 6.02. The average molecular weight is 322 g/mol. The molecule has 1 heterocycles. The Kier molecular flexibility index (Phi) is 6.58. The van der Waals surface area contributed by atoms with Gasteiger partial charge in [-0.1, -0.05) is 0 Å². The number of ether oxygens (including phenoxy) is 2. The maximum Gasteiger partial charge on any atom is 0.317 e. The summed E-state index contributed by atoms with van der Waals surface area (Å²) in [6, 6.07) is 2.44. The SMILES string of the molecule is COCCNC(=O)NC1CCC(Oc2nc(C)cc(C)n2)CC1. The second-order valence-corrected chi connectivity index (χ2v) is 5.92. The van der Waals surface area contributed by atoms with Crippen LogP contribution < -0.4 is 15.4 Å². The maximum atomic E-state index is 11.7. The Balaban J connectivity index is 1.72. The van der Waals surface area contributed by atoms with Gasteiger partial charge in [0.1, 0.15) is 6.10 Å². The molecule has 0 spiro atoms. The molecule has 1 aliphatic carbocycles. The van der Waals surface area contributed by atoms with E-state index in [1.165, 1.54) is 0 Å². The third-order valence-corrected chi connectivity index (χ3v) is 3.84. The van der Waals surface area contributed by atoms with Crippen LogP contribution in [0.15, 0.2) is 6.07 Å². The minimum Gasteiger partial charge on any atom is -0.460 e. The first-order chi connectivity index (χ1) is 11.1. The molecular weight excluding hydrogens is 296 g/mol. The summed E-state index contributed by atoms with van der Waals surface area (Å²) in [4.78, 5) is 20.3. The van der Waals surface area contributed by atoms with E-state index in [0.717, 1.165) is 37.1 Å². The second kappa shape index (κ2) is 8.67. The second-order valence-electron chi connectivity index (χ2n) is 5.92. The van der Waals surface area contributed by atoms with Gasteiger partial charge in [-0.05, 0) is 45.6 Å². The predicted molar refractivity (Wildman–Crippen MR) is 86.6 cm³/mol. The van der Waals surface area contributed by atoms with Crippen LogP contribution in [0.5, 0.6) is 6.01 Å². The molecule has 1 aliphatic rings. The lowest BCUT2D eigenvalue weighted by molar-refractivity contribution is 0.128. The van der Waals surface area contributed by atoms with E-state index in [-0.39, 0.29) is 18.2 Å². The van der Waals surface area contributed by atoms with Crippen LogP contribution >= 0.6 is 0 Å². The quantitative estimate of drug-likeness (QED) is 0.779. The first kappa shape index (κ1) is 17.5. The van der Waals surface area contributed by atoms with Gasteiger partial charge in [-0.15, -0.1) is 0 Å². The van der Waals surface area contributed by atoms with Gasteiger partial charge in [0.2, 0.25) is 0 Å². The molecule has 0 aromatic carbocycles. The Morgan fingerprint density at radius 2 is 1.87 bits per heavy atom. The summed E-state index contributed by atoms with van der Waals surface area (Å²) in [6.45, 7) is 4.91.